The first-order valence-corrected chi connectivity index (χ1v) is 10.6. The lowest BCUT2D eigenvalue weighted by atomic mass is 9.96. The highest BCUT2D eigenvalue weighted by atomic mass is 32.2. The number of amides is 1. The molecule has 2 heterocycles. The number of rotatable bonds is 4. The maximum Gasteiger partial charge on any atom is 0.245 e. The van der Waals surface area contributed by atoms with Crippen molar-refractivity contribution in [2.24, 2.45) is 11.0 Å². The van der Waals surface area contributed by atoms with Gasteiger partial charge in [0, 0.05) is 35.2 Å². The van der Waals surface area contributed by atoms with Crippen molar-refractivity contribution in [3.63, 3.8) is 0 Å². The van der Waals surface area contributed by atoms with E-state index in [2.05, 4.69) is 40.5 Å². The first-order valence-electron chi connectivity index (χ1n) is 9.33. The highest BCUT2D eigenvalue weighted by molar-refractivity contribution is 7.98. The molecule has 3 aromatic rings. The van der Waals surface area contributed by atoms with Crippen molar-refractivity contribution in [3.8, 4) is 0 Å². The fourth-order valence-electron chi connectivity index (χ4n) is 3.46. The van der Waals surface area contributed by atoms with Gasteiger partial charge in [-0.3, -0.25) is 14.8 Å². The zero-order chi connectivity index (χ0) is 19.7. The lowest BCUT2D eigenvalue weighted by Gasteiger charge is -2.24. The normalized spacial score (nSPS) is 16.6. The Morgan fingerprint density at radius 2 is 1.86 bits per heavy atom. The summed E-state index contributed by atoms with van der Waals surface area (Å²) in [6, 6.07) is 14.1. The Morgan fingerprint density at radius 3 is 2.57 bits per heavy atom. The van der Waals surface area contributed by atoms with E-state index in [1.807, 2.05) is 32.0 Å². The number of aromatic nitrogens is 2. The quantitative estimate of drug-likeness (QED) is 0.607. The zero-order valence-corrected chi connectivity index (χ0v) is 17.0. The Morgan fingerprint density at radius 1 is 1.11 bits per heavy atom. The van der Waals surface area contributed by atoms with E-state index < -0.39 is 0 Å². The Labute approximate surface area is 168 Å². The van der Waals surface area contributed by atoms with E-state index in [1.165, 1.54) is 4.90 Å². The van der Waals surface area contributed by atoms with E-state index in [9.17, 15) is 4.79 Å². The van der Waals surface area contributed by atoms with Crippen LogP contribution in [0.3, 0.4) is 0 Å². The molecule has 0 radical (unpaired) electrons. The molecule has 4 rings (SSSR count). The topological polar surface area (TPSA) is 58.5 Å². The van der Waals surface area contributed by atoms with Gasteiger partial charge in [0.25, 0.3) is 0 Å². The van der Waals surface area contributed by atoms with Crippen LogP contribution in [0.2, 0.25) is 0 Å². The maximum atomic E-state index is 12.9. The Hall–Kier alpha value is -2.73. The molecule has 0 saturated carbocycles. The summed E-state index contributed by atoms with van der Waals surface area (Å²) in [4.78, 5) is 23.1. The van der Waals surface area contributed by atoms with Crippen LogP contribution < -0.4 is 0 Å². The van der Waals surface area contributed by atoms with Crippen LogP contribution in [0, 0.1) is 5.92 Å². The van der Waals surface area contributed by atoms with Crippen molar-refractivity contribution in [1.29, 1.82) is 0 Å². The van der Waals surface area contributed by atoms with E-state index in [0.717, 1.165) is 27.9 Å². The third-order valence-corrected chi connectivity index (χ3v) is 5.69. The SMILES string of the molecule is CSc1ccc(C2=NN(C(=O)C(C)C)[C@H](c3cccc4nccnc34)C2)cc1. The molecule has 2 aromatic carbocycles. The van der Waals surface area contributed by atoms with E-state index in [1.54, 1.807) is 29.2 Å². The molecule has 0 saturated heterocycles. The summed E-state index contributed by atoms with van der Waals surface area (Å²) in [5, 5.41) is 6.39. The summed E-state index contributed by atoms with van der Waals surface area (Å²) in [5.74, 6) is -0.118. The number of hydrazone groups is 1. The first kappa shape index (κ1) is 18.6. The number of hydrogen-bond acceptors (Lipinski definition) is 5. The molecule has 0 N–H and O–H groups in total. The summed E-state index contributed by atoms with van der Waals surface area (Å²) in [5.41, 5.74) is 4.61. The predicted octanol–water partition coefficient (Wildman–Crippen LogP) is 4.69. The van der Waals surface area contributed by atoms with Gasteiger partial charge in [-0.25, -0.2) is 5.01 Å². The van der Waals surface area contributed by atoms with Gasteiger partial charge in [0.1, 0.15) is 0 Å². The highest BCUT2D eigenvalue weighted by Gasteiger charge is 2.35. The molecule has 0 fully saturated rings. The van der Waals surface area contributed by atoms with Gasteiger partial charge < -0.3 is 0 Å². The molecule has 0 spiro atoms. The first-order chi connectivity index (χ1) is 13.6. The van der Waals surface area contributed by atoms with E-state index >= 15 is 0 Å². The molecule has 1 aromatic heterocycles. The molecule has 6 heteroatoms. The number of carbonyl (C=O) groups is 1. The lowest BCUT2D eigenvalue weighted by Crippen LogP contribution is -2.30. The van der Waals surface area contributed by atoms with E-state index in [4.69, 9.17) is 5.10 Å². The van der Waals surface area contributed by atoms with Crippen molar-refractivity contribution in [1.82, 2.24) is 15.0 Å². The fourth-order valence-corrected chi connectivity index (χ4v) is 3.87. The average Bonchev–Trinajstić information content (AvgIpc) is 3.17. The van der Waals surface area contributed by atoms with Crippen molar-refractivity contribution < 1.29 is 4.79 Å². The molecule has 1 amide bonds. The number of carbonyl (C=O) groups excluding carboxylic acids is 1. The Balaban J connectivity index is 1.77. The van der Waals surface area contributed by atoms with Crippen LogP contribution >= 0.6 is 11.8 Å². The molecular weight excluding hydrogens is 368 g/mol. The van der Waals surface area contributed by atoms with Crippen molar-refractivity contribution in [3.05, 3.63) is 66.0 Å². The molecular formula is C22H22N4OS. The third-order valence-electron chi connectivity index (χ3n) is 4.94. The second-order valence-corrected chi connectivity index (χ2v) is 7.98. The number of fused-ring (bicyclic) bond motifs is 1. The fraction of sp³-hybridized carbons (Fsp3) is 0.273. The number of nitrogens with zero attached hydrogens (tertiary/aromatic N) is 4. The van der Waals surface area contributed by atoms with Gasteiger partial charge in [0.05, 0.1) is 22.8 Å². The van der Waals surface area contributed by atoms with Crippen LogP contribution in [-0.2, 0) is 4.79 Å². The van der Waals surface area contributed by atoms with Gasteiger partial charge in [-0.2, -0.15) is 5.10 Å². The average molecular weight is 391 g/mol. The lowest BCUT2D eigenvalue weighted by molar-refractivity contribution is -0.136. The van der Waals surface area contributed by atoms with Crippen LogP contribution in [0.4, 0.5) is 0 Å². The summed E-state index contributed by atoms with van der Waals surface area (Å²) in [6.45, 7) is 3.81. The zero-order valence-electron chi connectivity index (χ0n) is 16.2. The molecule has 1 aliphatic rings. The second-order valence-electron chi connectivity index (χ2n) is 7.10. The van der Waals surface area contributed by atoms with E-state index in [0.29, 0.717) is 6.42 Å². The maximum absolute atomic E-state index is 12.9. The van der Waals surface area contributed by atoms with Crippen molar-refractivity contribution in [2.45, 2.75) is 31.2 Å². The van der Waals surface area contributed by atoms with Crippen LogP contribution in [0.15, 0.2) is 64.9 Å². The third kappa shape index (κ3) is 3.40. The van der Waals surface area contributed by atoms with Gasteiger partial charge in [0.15, 0.2) is 0 Å². The second kappa shape index (κ2) is 7.72. The van der Waals surface area contributed by atoms with Gasteiger partial charge in [0.2, 0.25) is 5.91 Å². The molecule has 28 heavy (non-hydrogen) atoms. The molecule has 1 aliphatic heterocycles. The van der Waals surface area contributed by atoms with Crippen LogP contribution in [0.5, 0.6) is 0 Å². The summed E-state index contributed by atoms with van der Waals surface area (Å²) in [7, 11) is 0. The van der Waals surface area contributed by atoms with Crippen LogP contribution in [0.1, 0.15) is 37.4 Å². The minimum Gasteiger partial charge on any atom is -0.273 e. The number of hydrogen-bond donors (Lipinski definition) is 0. The summed E-state index contributed by atoms with van der Waals surface area (Å²) < 4.78 is 0. The Kier molecular flexibility index (Phi) is 5.13. The number of benzene rings is 2. The summed E-state index contributed by atoms with van der Waals surface area (Å²) >= 11 is 1.71. The molecule has 0 unspecified atom stereocenters. The molecule has 1 atom stereocenters. The van der Waals surface area contributed by atoms with Crippen LogP contribution in [-0.4, -0.2) is 32.9 Å². The van der Waals surface area contributed by atoms with Gasteiger partial charge in [-0.15, -0.1) is 11.8 Å². The highest BCUT2D eigenvalue weighted by Crippen LogP contribution is 2.36. The molecule has 142 valence electrons. The number of thioether (sulfide) groups is 1. The van der Waals surface area contributed by atoms with Gasteiger partial charge >= 0.3 is 0 Å². The Bertz CT molecular complexity index is 1040. The predicted molar refractivity (Wildman–Crippen MR) is 113 cm³/mol. The van der Waals surface area contributed by atoms with Crippen LogP contribution in [0.25, 0.3) is 11.0 Å². The standard InChI is InChI=1S/C22H22N4OS/c1-14(2)22(27)26-20(17-5-4-6-18-21(17)24-12-11-23-18)13-19(25-26)15-7-9-16(28-3)10-8-15/h4-12,14,20H,13H2,1-3H3/t20-/m0/s1. The monoisotopic (exact) mass is 390 g/mol. The molecule has 0 bridgehead atoms. The van der Waals surface area contributed by atoms with Crippen molar-refractivity contribution >= 4 is 34.4 Å². The van der Waals surface area contributed by atoms with Crippen molar-refractivity contribution in [2.75, 3.05) is 6.26 Å². The minimum atomic E-state index is -0.175. The smallest absolute Gasteiger partial charge is 0.245 e. The largest absolute Gasteiger partial charge is 0.273 e. The summed E-state index contributed by atoms with van der Waals surface area (Å²) in [6.07, 6.45) is 6.10. The van der Waals surface area contributed by atoms with E-state index in [-0.39, 0.29) is 17.9 Å². The molecule has 0 aliphatic carbocycles. The minimum absolute atomic E-state index is 0.0154. The van der Waals surface area contributed by atoms with Gasteiger partial charge in [-0.1, -0.05) is 38.1 Å². The van der Waals surface area contributed by atoms with Gasteiger partial charge in [-0.05, 0) is 30.0 Å². The molecule has 5 nitrogen and oxygen atoms in total. The number of para-hydroxylation sites is 1.